The van der Waals surface area contributed by atoms with E-state index in [1.54, 1.807) is 29.2 Å². The lowest BCUT2D eigenvalue weighted by atomic mass is 10.1. The number of anilines is 1. The van der Waals surface area contributed by atoms with E-state index in [4.69, 9.17) is 11.6 Å². The highest BCUT2D eigenvalue weighted by Gasteiger charge is 2.11. The largest absolute Gasteiger partial charge is 0.323 e. The van der Waals surface area contributed by atoms with E-state index in [1.807, 2.05) is 6.07 Å². The number of rotatable bonds is 5. The Balaban J connectivity index is 1.70. The zero-order chi connectivity index (χ0) is 17.8. The Kier molecular flexibility index (Phi) is 5.40. The summed E-state index contributed by atoms with van der Waals surface area (Å²) in [4.78, 5) is 17.4. The summed E-state index contributed by atoms with van der Waals surface area (Å²) >= 11 is 7.56. The van der Waals surface area contributed by atoms with Gasteiger partial charge in [-0.25, -0.2) is 9.67 Å². The van der Waals surface area contributed by atoms with Crippen LogP contribution in [-0.4, -0.2) is 26.4 Å². The van der Waals surface area contributed by atoms with Crippen LogP contribution < -0.4 is 5.32 Å². The number of carbonyl (C=O) groups is 1. The van der Waals surface area contributed by atoms with Gasteiger partial charge in [-0.1, -0.05) is 17.7 Å². The van der Waals surface area contributed by atoms with Crippen LogP contribution in [0.15, 0.2) is 53.9 Å². The van der Waals surface area contributed by atoms with Crippen molar-refractivity contribution in [1.29, 1.82) is 0 Å². The molecule has 2 aromatic carbocycles. The van der Waals surface area contributed by atoms with E-state index >= 15 is 0 Å². The summed E-state index contributed by atoms with van der Waals surface area (Å²) in [5.41, 5.74) is 3.77. The van der Waals surface area contributed by atoms with Gasteiger partial charge in [-0.05, 0) is 55.3 Å². The van der Waals surface area contributed by atoms with Crippen LogP contribution in [0.25, 0.3) is 5.69 Å². The number of nitrogens with zero attached hydrogens (tertiary/aromatic N) is 3. The van der Waals surface area contributed by atoms with Gasteiger partial charge in [-0.15, -0.1) is 11.8 Å². The predicted molar refractivity (Wildman–Crippen MR) is 102 cm³/mol. The smallest absolute Gasteiger partial charge is 0.234 e. The molecule has 25 heavy (non-hydrogen) atoms. The number of hydrogen-bond donors (Lipinski definition) is 1. The quantitative estimate of drug-likeness (QED) is 0.679. The number of amides is 1. The first-order valence-electron chi connectivity index (χ1n) is 7.67. The lowest BCUT2D eigenvalue weighted by Gasteiger charge is -2.11. The second-order valence-electron chi connectivity index (χ2n) is 5.58. The highest BCUT2D eigenvalue weighted by atomic mass is 35.5. The van der Waals surface area contributed by atoms with Crippen LogP contribution in [0.2, 0.25) is 5.02 Å². The number of thioether (sulfide) groups is 1. The number of carbonyl (C=O) groups excluding carboxylic acids is 1. The summed E-state index contributed by atoms with van der Waals surface area (Å²) in [6.45, 7) is 4.14. The van der Waals surface area contributed by atoms with Crippen LogP contribution >= 0.6 is 23.4 Å². The van der Waals surface area contributed by atoms with Crippen molar-refractivity contribution in [2.24, 2.45) is 0 Å². The first-order chi connectivity index (χ1) is 12.0. The lowest BCUT2D eigenvalue weighted by molar-refractivity contribution is -0.113. The summed E-state index contributed by atoms with van der Waals surface area (Å²) in [6.07, 6.45) is 3.01. The fourth-order valence-electron chi connectivity index (χ4n) is 2.28. The van der Waals surface area contributed by atoms with Crippen LogP contribution in [-0.2, 0) is 4.79 Å². The number of aromatic nitrogens is 3. The van der Waals surface area contributed by atoms with Crippen LogP contribution in [0.5, 0.6) is 0 Å². The number of nitrogens with one attached hydrogen (secondary N) is 1. The second kappa shape index (κ2) is 7.72. The molecule has 1 heterocycles. The molecule has 3 aromatic rings. The first kappa shape index (κ1) is 17.5. The molecule has 0 unspecified atom stereocenters. The number of aryl methyl sites for hydroxylation is 2. The average Bonchev–Trinajstić information content (AvgIpc) is 3.10. The molecule has 1 N–H and O–H groups in total. The van der Waals surface area contributed by atoms with Crippen LogP contribution in [0.1, 0.15) is 11.1 Å². The minimum atomic E-state index is -0.105. The molecule has 7 heteroatoms. The second-order valence-corrected chi connectivity index (χ2v) is 7.07. The minimum Gasteiger partial charge on any atom is -0.323 e. The number of hydrogen-bond acceptors (Lipinski definition) is 4. The molecule has 0 radical (unpaired) electrons. The van der Waals surface area contributed by atoms with Gasteiger partial charge < -0.3 is 5.32 Å². The molecule has 0 saturated carbocycles. The van der Waals surface area contributed by atoms with E-state index in [9.17, 15) is 4.79 Å². The molecule has 0 fully saturated rings. The summed E-state index contributed by atoms with van der Waals surface area (Å²) in [5, 5.41) is 7.55. The van der Waals surface area contributed by atoms with Crippen molar-refractivity contribution in [3.63, 3.8) is 0 Å². The summed E-state index contributed by atoms with van der Waals surface area (Å²) in [6, 6.07) is 11.4. The maximum atomic E-state index is 12.4. The first-order valence-corrected chi connectivity index (χ1v) is 9.04. The van der Waals surface area contributed by atoms with Gasteiger partial charge in [0.25, 0.3) is 0 Å². The summed E-state index contributed by atoms with van der Waals surface area (Å²) in [7, 11) is 0. The Hall–Kier alpha value is -2.31. The Morgan fingerprint density at radius 3 is 2.76 bits per heavy atom. The molecular weight excluding hydrogens is 356 g/mol. The third-order valence-electron chi connectivity index (χ3n) is 3.75. The van der Waals surface area contributed by atoms with Gasteiger partial charge in [0.15, 0.2) is 0 Å². The topological polar surface area (TPSA) is 59.8 Å². The normalized spacial score (nSPS) is 10.7. The molecular formula is C18H17ClN4OS. The predicted octanol–water partition coefficient (Wildman–Crippen LogP) is 4.27. The van der Waals surface area contributed by atoms with E-state index < -0.39 is 0 Å². The van der Waals surface area contributed by atoms with Gasteiger partial charge in [0.2, 0.25) is 5.91 Å². The van der Waals surface area contributed by atoms with Crippen molar-refractivity contribution in [1.82, 2.24) is 14.8 Å². The van der Waals surface area contributed by atoms with Crippen molar-refractivity contribution >= 4 is 35.0 Å². The monoisotopic (exact) mass is 372 g/mol. The maximum Gasteiger partial charge on any atom is 0.234 e. The fraction of sp³-hybridized carbons (Fsp3) is 0.167. The third-order valence-corrected chi connectivity index (χ3v) is 4.98. The molecule has 128 valence electrons. The molecule has 3 rings (SSSR count). The Morgan fingerprint density at radius 2 is 2.04 bits per heavy atom. The van der Waals surface area contributed by atoms with Crippen molar-refractivity contribution < 1.29 is 4.79 Å². The molecule has 0 atom stereocenters. The molecule has 0 aliphatic rings. The Morgan fingerprint density at radius 1 is 1.20 bits per heavy atom. The minimum absolute atomic E-state index is 0.105. The van der Waals surface area contributed by atoms with Crippen molar-refractivity contribution in [3.05, 3.63) is 65.2 Å². The molecule has 1 aromatic heterocycles. The van der Waals surface area contributed by atoms with Crippen molar-refractivity contribution in [3.8, 4) is 5.69 Å². The molecule has 1 amide bonds. The number of halogens is 1. The van der Waals surface area contributed by atoms with Gasteiger partial charge >= 0.3 is 0 Å². The highest BCUT2D eigenvalue weighted by molar-refractivity contribution is 8.00. The van der Waals surface area contributed by atoms with Gasteiger partial charge in [0.1, 0.15) is 12.7 Å². The Bertz CT molecular complexity index is 896. The molecule has 5 nitrogen and oxygen atoms in total. The van der Waals surface area contributed by atoms with Crippen LogP contribution in [0.3, 0.4) is 0 Å². The zero-order valence-corrected chi connectivity index (χ0v) is 15.4. The van der Waals surface area contributed by atoms with Crippen LogP contribution in [0, 0.1) is 13.8 Å². The zero-order valence-electron chi connectivity index (χ0n) is 13.9. The van der Waals surface area contributed by atoms with Crippen molar-refractivity contribution in [2.45, 2.75) is 18.7 Å². The lowest BCUT2D eigenvalue weighted by Crippen LogP contribution is -2.16. The standard InChI is InChI=1S/C18H17ClN4OS/c1-12-3-5-15(7-13(12)2)25-9-18(24)22-16-8-14(19)4-6-17(16)23-11-20-10-21-23/h3-8,10-11H,9H2,1-2H3,(H,22,24). The SMILES string of the molecule is Cc1ccc(SCC(=O)Nc2cc(Cl)ccc2-n2cncn2)cc1C. The third kappa shape index (κ3) is 4.41. The van der Waals surface area contributed by atoms with Gasteiger partial charge in [0, 0.05) is 9.92 Å². The molecule has 0 aliphatic heterocycles. The molecule has 0 saturated heterocycles. The van der Waals surface area contributed by atoms with Crippen molar-refractivity contribution in [2.75, 3.05) is 11.1 Å². The summed E-state index contributed by atoms with van der Waals surface area (Å²) in [5.74, 6) is 0.207. The number of benzene rings is 2. The van der Waals surface area contributed by atoms with Gasteiger partial charge in [-0.3, -0.25) is 4.79 Å². The average molecular weight is 373 g/mol. The van der Waals surface area contributed by atoms with E-state index in [0.29, 0.717) is 22.2 Å². The summed E-state index contributed by atoms with van der Waals surface area (Å²) < 4.78 is 1.59. The maximum absolute atomic E-state index is 12.4. The molecule has 0 aliphatic carbocycles. The molecule has 0 bridgehead atoms. The van der Waals surface area contributed by atoms with E-state index in [0.717, 1.165) is 4.90 Å². The van der Waals surface area contributed by atoms with Gasteiger partial charge in [0.05, 0.1) is 17.1 Å². The van der Waals surface area contributed by atoms with E-state index in [1.165, 1.54) is 29.2 Å². The molecule has 0 spiro atoms. The highest BCUT2D eigenvalue weighted by Crippen LogP contribution is 2.25. The van der Waals surface area contributed by atoms with Gasteiger partial charge in [-0.2, -0.15) is 5.10 Å². The van der Waals surface area contributed by atoms with E-state index in [-0.39, 0.29) is 5.91 Å². The van der Waals surface area contributed by atoms with E-state index in [2.05, 4.69) is 41.4 Å². The van der Waals surface area contributed by atoms with Crippen LogP contribution in [0.4, 0.5) is 5.69 Å². The Labute approximate surface area is 155 Å². The fourth-order valence-corrected chi connectivity index (χ4v) is 3.25.